The lowest BCUT2D eigenvalue weighted by molar-refractivity contribution is 0.112. The minimum Gasteiger partial charge on any atom is -0.507 e. The molecule has 0 atom stereocenters. The standard InChI is InChI=1S/C25H21ClO2/c1-16-5-8-18(9-6-16)25-21-11-7-17(15-27)13-19(21)3-2-4-23(25)22-12-10-20(26)14-24(22)28/h5-15,28H,2-4H2,1H3. The number of phenols is 1. The zero-order chi connectivity index (χ0) is 19.7. The number of halogens is 1. The van der Waals surface area contributed by atoms with Crippen LogP contribution < -0.4 is 0 Å². The van der Waals surface area contributed by atoms with Crippen LogP contribution in [0.3, 0.4) is 0 Å². The first-order valence-electron chi connectivity index (χ1n) is 9.44. The molecule has 3 aromatic rings. The molecular weight excluding hydrogens is 368 g/mol. The summed E-state index contributed by atoms with van der Waals surface area (Å²) in [6.45, 7) is 2.07. The number of fused-ring (bicyclic) bond motifs is 1. The van der Waals surface area contributed by atoms with Gasteiger partial charge < -0.3 is 5.11 Å². The van der Waals surface area contributed by atoms with Crippen LogP contribution in [-0.4, -0.2) is 11.4 Å². The van der Waals surface area contributed by atoms with Crippen LogP contribution in [0.25, 0.3) is 11.1 Å². The molecule has 0 saturated carbocycles. The van der Waals surface area contributed by atoms with E-state index in [4.69, 9.17) is 11.6 Å². The number of phenolic OH excluding ortho intramolecular Hbond substituents is 1. The van der Waals surface area contributed by atoms with Gasteiger partial charge in [-0.15, -0.1) is 0 Å². The van der Waals surface area contributed by atoms with Crippen LogP contribution in [0.4, 0.5) is 0 Å². The Morgan fingerprint density at radius 3 is 2.39 bits per heavy atom. The third-order valence-corrected chi connectivity index (χ3v) is 5.57. The molecule has 0 radical (unpaired) electrons. The monoisotopic (exact) mass is 388 g/mol. The highest BCUT2D eigenvalue weighted by molar-refractivity contribution is 6.30. The zero-order valence-corrected chi connectivity index (χ0v) is 16.5. The van der Waals surface area contributed by atoms with Gasteiger partial charge in [0.15, 0.2) is 0 Å². The van der Waals surface area contributed by atoms with Gasteiger partial charge >= 0.3 is 0 Å². The van der Waals surface area contributed by atoms with Crippen molar-refractivity contribution in [2.45, 2.75) is 26.2 Å². The Hall–Kier alpha value is -2.84. The van der Waals surface area contributed by atoms with E-state index in [9.17, 15) is 9.90 Å². The Morgan fingerprint density at radius 2 is 1.68 bits per heavy atom. The number of hydrogen-bond acceptors (Lipinski definition) is 2. The van der Waals surface area contributed by atoms with Crippen LogP contribution in [-0.2, 0) is 6.42 Å². The molecule has 0 spiro atoms. The summed E-state index contributed by atoms with van der Waals surface area (Å²) in [5, 5.41) is 11.1. The van der Waals surface area contributed by atoms with E-state index in [1.807, 2.05) is 30.3 Å². The number of carbonyl (C=O) groups excluding carboxylic acids is 1. The molecule has 0 fully saturated rings. The van der Waals surface area contributed by atoms with Gasteiger partial charge in [-0.25, -0.2) is 0 Å². The van der Waals surface area contributed by atoms with E-state index >= 15 is 0 Å². The Morgan fingerprint density at radius 1 is 0.929 bits per heavy atom. The molecule has 4 rings (SSSR count). The first-order valence-corrected chi connectivity index (χ1v) is 9.82. The van der Waals surface area contributed by atoms with Crippen molar-refractivity contribution in [2.24, 2.45) is 0 Å². The summed E-state index contributed by atoms with van der Waals surface area (Å²) < 4.78 is 0. The molecule has 140 valence electrons. The molecule has 1 aliphatic carbocycles. The average molecular weight is 389 g/mol. The second-order valence-electron chi connectivity index (χ2n) is 7.27. The number of aromatic hydroxyl groups is 1. The molecule has 0 amide bonds. The average Bonchev–Trinajstić information content (AvgIpc) is 2.87. The van der Waals surface area contributed by atoms with Crippen LogP contribution in [0.1, 0.15) is 51.0 Å². The van der Waals surface area contributed by atoms with Gasteiger partial charge in [0.25, 0.3) is 0 Å². The first kappa shape index (κ1) is 18.5. The van der Waals surface area contributed by atoms with E-state index in [2.05, 4.69) is 31.2 Å². The zero-order valence-electron chi connectivity index (χ0n) is 15.7. The molecule has 2 nitrogen and oxygen atoms in total. The van der Waals surface area contributed by atoms with E-state index in [0.717, 1.165) is 53.4 Å². The fraction of sp³-hybridized carbons (Fsp3) is 0.160. The van der Waals surface area contributed by atoms with Crippen molar-refractivity contribution in [2.75, 3.05) is 0 Å². The van der Waals surface area contributed by atoms with Crippen molar-refractivity contribution in [3.63, 3.8) is 0 Å². The Bertz CT molecular complexity index is 1080. The molecular formula is C25H21ClO2. The predicted molar refractivity (Wildman–Crippen MR) is 115 cm³/mol. The SMILES string of the molecule is Cc1ccc(C2=C(c3ccc(Cl)cc3O)CCCc3cc(C=O)ccc32)cc1. The molecule has 1 N–H and O–H groups in total. The topological polar surface area (TPSA) is 37.3 Å². The van der Waals surface area contributed by atoms with Gasteiger partial charge in [0, 0.05) is 16.1 Å². The van der Waals surface area contributed by atoms with Gasteiger partial charge in [-0.3, -0.25) is 4.79 Å². The molecule has 3 heteroatoms. The maximum absolute atomic E-state index is 11.3. The minimum absolute atomic E-state index is 0.195. The summed E-state index contributed by atoms with van der Waals surface area (Å²) in [6, 6.07) is 19.7. The first-order chi connectivity index (χ1) is 13.6. The molecule has 28 heavy (non-hydrogen) atoms. The van der Waals surface area contributed by atoms with Crippen LogP contribution in [0, 0.1) is 6.92 Å². The summed E-state index contributed by atoms with van der Waals surface area (Å²) >= 11 is 6.06. The van der Waals surface area contributed by atoms with Crippen molar-refractivity contribution in [3.8, 4) is 5.75 Å². The van der Waals surface area contributed by atoms with Crippen molar-refractivity contribution in [3.05, 3.63) is 99.1 Å². The van der Waals surface area contributed by atoms with E-state index in [1.54, 1.807) is 6.07 Å². The van der Waals surface area contributed by atoms with Crippen molar-refractivity contribution in [1.29, 1.82) is 0 Å². The van der Waals surface area contributed by atoms with Gasteiger partial charge in [0.1, 0.15) is 12.0 Å². The maximum Gasteiger partial charge on any atom is 0.150 e. The Balaban J connectivity index is 2.02. The minimum atomic E-state index is 0.195. The summed E-state index contributed by atoms with van der Waals surface area (Å²) in [4.78, 5) is 11.3. The molecule has 0 aliphatic heterocycles. The second kappa shape index (κ2) is 7.65. The quantitative estimate of drug-likeness (QED) is 0.522. The van der Waals surface area contributed by atoms with E-state index in [0.29, 0.717) is 10.6 Å². The Kier molecular flexibility index (Phi) is 5.06. The fourth-order valence-corrected chi connectivity index (χ4v) is 4.13. The molecule has 0 saturated heterocycles. The van der Waals surface area contributed by atoms with Gasteiger partial charge in [-0.05, 0) is 78.3 Å². The lowest BCUT2D eigenvalue weighted by atomic mass is 9.87. The maximum atomic E-state index is 11.3. The summed E-state index contributed by atoms with van der Waals surface area (Å²) in [6.07, 6.45) is 3.57. The number of aryl methyl sites for hydroxylation is 2. The van der Waals surface area contributed by atoms with Crippen molar-refractivity contribution in [1.82, 2.24) is 0 Å². The normalized spacial score (nSPS) is 13.8. The third-order valence-electron chi connectivity index (χ3n) is 5.33. The molecule has 0 bridgehead atoms. The lowest BCUT2D eigenvalue weighted by Crippen LogP contribution is -1.97. The Labute approximate surface area is 170 Å². The van der Waals surface area contributed by atoms with Crippen LogP contribution in [0.15, 0.2) is 60.7 Å². The number of rotatable bonds is 3. The summed E-state index contributed by atoms with van der Waals surface area (Å²) in [7, 11) is 0. The van der Waals surface area contributed by atoms with E-state index in [-0.39, 0.29) is 5.75 Å². The van der Waals surface area contributed by atoms with Crippen molar-refractivity contribution < 1.29 is 9.90 Å². The van der Waals surface area contributed by atoms with Crippen LogP contribution >= 0.6 is 11.6 Å². The number of hydrogen-bond donors (Lipinski definition) is 1. The second-order valence-corrected chi connectivity index (χ2v) is 7.71. The summed E-state index contributed by atoms with van der Waals surface area (Å²) in [5.74, 6) is 0.195. The van der Waals surface area contributed by atoms with Gasteiger partial charge in [0.2, 0.25) is 0 Å². The molecule has 1 aliphatic rings. The smallest absolute Gasteiger partial charge is 0.150 e. The number of aldehydes is 1. The van der Waals surface area contributed by atoms with E-state index in [1.165, 1.54) is 11.1 Å². The van der Waals surface area contributed by atoms with Gasteiger partial charge in [-0.2, -0.15) is 0 Å². The van der Waals surface area contributed by atoms with E-state index < -0.39 is 0 Å². The van der Waals surface area contributed by atoms with Crippen molar-refractivity contribution >= 4 is 29.0 Å². The number of carbonyl (C=O) groups is 1. The van der Waals surface area contributed by atoms with Gasteiger partial charge in [-0.1, -0.05) is 53.6 Å². The third kappa shape index (κ3) is 3.48. The molecule has 0 heterocycles. The highest BCUT2D eigenvalue weighted by Crippen LogP contribution is 2.42. The number of allylic oxidation sites excluding steroid dienone is 1. The predicted octanol–water partition coefficient (Wildman–Crippen LogP) is 6.46. The number of benzene rings is 3. The van der Waals surface area contributed by atoms with Gasteiger partial charge in [0.05, 0.1) is 0 Å². The molecule has 0 unspecified atom stereocenters. The molecule has 3 aromatic carbocycles. The highest BCUT2D eigenvalue weighted by Gasteiger charge is 2.22. The largest absolute Gasteiger partial charge is 0.507 e. The lowest BCUT2D eigenvalue weighted by Gasteiger charge is -2.18. The molecule has 0 aromatic heterocycles. The summed E-state index contributed by atoms with van der Waals surface area (Å²) in [5.41, 5.74) is 8.33. The van der Waals surface area contributed by atoms with Crippen LogP contribution in [0.2, 0.25) is 5.02 Å². The fourth-order valence-electron chi connectivity index (χ4n) is 3.96. The highest BCUT2D eigenvalue weighted by atomic mass is 35.5. The van der Waals surface area contributed by atoms with Crippen LogP contribution in [0.5, 0.6) is 5.75 Å².